The Morgan fingerprint density at radius 1 is 1.60 bits per heavy atom. The fourth-order valence-corrected chi connectivity index (χ4v) is 1.87. The van der Waals surface area contributed by atoms with Gasteiger partial charge in [0.05, 0.1) is 12.7 Å². The minimum absolute atomic E-state index is 0.0284. The van der Waals surface area contributed by atoms with E-state index < -0.39 is 18.2 Å². The second kappa shape index (κ2) is 5.85. The van der Waals surface area contributed by atoms with Gasteiger partial charge in [0.15, 0.2) is 6.10 Å². The van der Waals surface area contributed by atoms with Gasteiger partial charge in [-0.2, -0.15) is 0 Å². The lowest BCUT2D eigenvalue weighted by Gasteiger charge is -2.13. The topological polar surface area (TPSA) is 66.8 Å². The van der Waals surface area contributed by atoms with Gasteiger partial charge in [0.1, 0.15) is 0 Å². The van der Waals surface area contributed by atoms with Crippen LogP contribution in [0.25, 0.3) is 0 Å². The summed E-state index contributed by atoms with van der Waals surface area (Å²) in [6, 6.07) is 3.56. The van der Waals surface area contributed by atoms with Crippen molar-refractivity contribution in [3.05, 3.63) is 22.4 Å². The predicted octanol–water partition coefficient (Wildman–Crippen LogP) is 1.10. The Balaban J connectivity index is 2.44. The number of hydrogen-bond acceptors (Lipinski definition) is 5. The number of ether oxygens (including phenoxy) is 1. The first-order chi connectivity index (χ1) is 7.15. The summed E-state index contributed by atoms with van der Waals surface area (Å²) in [5, 5.41) is 20.9. The van der Waals surface area contributed by atoms with E-state index in [1.54, 1.807) is 19.1 Å². The van der Waals surface area contributed by atoms with E-state index >= 15 is 0 Å². The van der Waals surface area contributed by atoms with E-state index in [9.17, 15) is 15.0 Å². The number of hydrogen-bond donors (Lipinski definition) is 2. The smallest absolute Gasteiger partial charge is 0.335 e. The van der Waals surface area contributed by atoms with Gasteiger partial charge in [-0.15, -0.1) is 11.3 Å². The molecular formula is C10H14O4S. The molecule has 15 heavy (non-hydrogen) atoms. The van der Waals surface area contributed by atoms with Crippen molar-refractivity contribution in [1.29, 1.82) is 0 Å². The third-order valence-electron chi connectivity index (χ3n) is 1.88. The Morgan fingerprint density at radius 3 is 2.87 bits per heavy atom. The Labute approximate surface area is 92.1 Å². The van der Waals surface area contributed by atoms with Crippen LogP contribution in [0.15, 0.2) is 17.5 Å². The average molecular weight is 230 g/mol. The van der Waals surface area contributed by atoms with Crippen molar-refractivity contribution < 1.29 is 19.7 Å². The summed E-state index contributed by atoms with van der Waals surface area (Å²) in [4.78, 5) is 11.8. The van der Waals surface area contributed by atoms with Gasteiger partial charge in [-0.05, 0) is 18.4 Å². The van der Waals surface area contributed by atoms with Gasteiger partial charge < -0.3 is 14.9 Å². The molecule has 1 rings (SSSR count). The fourth-order valence-electron chi connectivity index (χ4n) is 1.14. The van der Waals surface area contributed by atoms with Gasteiger partial charge in [0.25, 0.3) is 0 Å². The van der Waals surface area contributed by atoms with Crippen LogP contribution in [0.1, 0.15) is 24.3 Å². The van der Waals surface area contributed by atoms with Crippen molar-refractivity contribution in [3.8, 4) is 0 Å². The van der Waals surface area contributed by atoms with Gasteiger partial charge in [0, 0.05) is 11.3 Å². The van der Waals surface area contributed by atoms with Crippen LogP contribution in [-0.4, -0.2) is 28.9 Å². The molecule has 1 aromatic rings. The van der Waals surface area contributed by atoms with Gasteiger partial charge in [-0.1, -0.05) is 6.07 Å². The van der Waals surface area contributed by atoms with Crippen LogP contribution < -0.4 is 0 Å². The Hall–Kier alpha value is -0.910. The maximum Gasteiger partial charge on any atom is 0.335 e. The monoisotopic (exact) mass is 230 g/mol. The molecule has 0 aromatic carbocycles. The van der Waals surface area contributed by atoms with Crippen LogP contribution in [0, 0.1) is 0 Å². The third-order valence-corrected chi connectivity index (χ3v) is 2.85. The predicted molar refractivity (Wildman–Crippen MR) is 56.5 cm³/mol. The van der Waals surface area contributed by atoms with Crippen molar-refractivity contribution in [1.82, 2.24) is 0 Å². The molecule has 1 heterocycles. The fraction of sp³-hybridized carbons (Fsp3) is 0.500. The van der Waals surface area contributed by atoms with E-state index in [1.807, 2.05) is 5.38 Å². The van der Waals surface area contributed by atoms with Gasteiger partial charge >= 0.3 is 5.97 Å². The van der Waals surface area contributed by atoms with Gasteiger partial charge in [0.2, 0.25) is 0 Å². The molecule has 0 aliphatic rings. The minimum Gasteiger partial charge on any atom is -0.464 e. The zero-order chi connectivity index (χ0) is 11.3. The van der Waals surface area contributed by atoms with E-state index in [4.69, 9.17) is 0 Å². The number of carbonyl (C=O) groups is 1. The van der Waals surface area contributed by atoms with Crippen molar-refractivity contribution in [2.45, 2.75) is 25.6 Å². The third kappa shape index (κ3) is 3.62. The van der Waals surface area contributed by atoms with Gasteiger partial charge in [-0.3, -0.25) is 0 Å². The summed E-state index contributed by atoms with van der Waals surface area (Å²) < 4.78 is 4.63. The highest BCUT2D eigenvalue weighted by Gasteiger charge is 2.21. The highest BCUT2D eigenvalue weighted by molar-refractivity contribution is 7.10. The maximum atomic E-state index is 11.1. The summed E-state index contributed by atoms with van der Waals surface area (Å²) in [5.41, 5.74) is 0. The van der Waals surface area contributed by atoms with Gasteiger partial charge in [-0.25, -0.2) is 4.79 Å². The Morgan fingerprint density at radius 2 is 2.33 bits per heavy atom. The van der Waals surface area contributed by atoms with E-state index in [0.29, 0.717) is 0 Å². The molecule has 0 radical (unpaired) electrons. The average Bonchev–Trinajstić information content (AvgIpc) is 2.70. The van der Waals surface area contributed by atoms with Crippen LogP contribution in [-0.2, 0) is 9.53 Å². The molecule has 0 aliphatic carbocycles. The quantitative estimate of drug-likeness (QED) is 0.743. The van der Waals surface area contributed by atoms with Crippen molar-refractivity contribution in [2.75, 3.05) is 6.61 Å². The summed E-state index contributed by atoms with van der Waals surface area (Å²) >= 11 is 1.38. The zero-order valence-corrected chi connectivity index (χ0v) is 9.24. The molecule has 0 unspecified atom stereocenters. The first-order valence-corrected chi connectivity index (χ1v) is 5.59. The van der Waals surface area contributed by atoms with E-state index in [0.717, 1.165) is 4.88 Å². The second-order valence-corrected chi connectivity index (χ2v) is 4.01. The number of esters is 1. The van der Waals surface area contributed by atoms with Crippen LogP contribution in [0.4, 0.5) is 0 Å². The molecule has 0 bridgehead atoms. The largest absolute Gasteiger partial charge is 0.464 e. The second-order valence-electron chi connectivity index (χ2n) is 3.03. The molecule has 0 spiro atoms. The molecule has 0 saturated carbocycles. The number of carbonyl (C=O) groups excluding carboxylic acids is 1. The molecule has 0 amide bonds. The Kier molecular flexibility index (Phi) is 4.74. The number of aliphatic hydroxyl groups excluding tert-OH is 2. The normalized spacial score (nSPS) is 14.6. The molecule has 2 atom stereocenters. The zero-order valence-electron chi connectivity index (χ0n) is 8.42. The molecular weight excluding hydrogens is 216 g/mol. The first-order valence-electron chi connectivity index (χ1n) is 4.71. The van der Waals surface area contributed by atoms with E-state index in [1.165, 1.54) is 11.3 Å². The number of aliphatic hydroxyl groups is 2. The standard InChI is InChI=1S/C10H14O4S/c1-2-14-10(13)8(12)6-7(11)9-4-3-5-15-9/h3-5,7-8,11-12H,2,6H2,1H3/t7-,8-/m1/s1. The maximum absolute atomic E-state index is 11.1. The summed E-state index contributed by atoms with van der Waals surface area (Å²) in [7, 11) is 0. The van der Waals surface area contributed by atoms with Crippen molar-refractivity contribution in [3.63, 3.8) is 0 Å². The molecule has 1 aromatic heterocycles. The van der Waals surface area contributed by atoms with Crippen LogP contribution >= 0.6 is 11.3 Å². The highest BCUT2D eigenvalue weighted by Crippen LogP contribution is 2.23. The molecule has 0 aliphatic heterocycles. The molecule has 2 N–H and O–H groups in total. The van der Waals surface area contributed by atoms with E-state index in [-0.39, 0.29) is 13.0 Å². The number of thiophene rings is 1. The van der Waals surface area contributed by atoms with Crippen LogP contribution in [0.2, 0.25) is 0 Å². The van der Waals surface area contributed by atoms with Crippen molar-refractivity contribution in [2.24, 2.45) is 0 Å². The highest BCUT2D eigenvalue weighted by atomic mass is 32.1. The number of rotatable bonds is 5. The SMILES string of the molecule is CCOC(=O)[C@H](O)C[C@@H](O)c1cccs1. The molecule has 4 nitrogen and oxygen atoms in total. The Bertz CT molecular complexity index is 296. The van der Waals surface area contributed by atoms with Crippen LogP contribution in [0.5, 0.6) is 0 Å². The summed E-state index contributed by atoms with van der Waals surface area (Å²) in [6.45, 7) is 1.89. The summed E-state index contributed by atoms with van der Waals surface area (Å²) in [5.74, 6) is -0.687. The lowest BCUT2D eigenvalue weighted by Crippen LogP contribution is -2.25. The lowest BCUT2D eigenvalue weighted by atomic mass is 10.1. The lowest BCUT2D eigenvalue weighted by molar-refractivity contribution is -0.154. The molecule has 84 valence electrons. The van der Waals surface area contributed by atoms with Crippen LogP contribution in [0.3, 0.4) is 0 Å². The molecule has 0 fully saturated rings. The van der Waals surface area contributed by atoms with E-state index in [2.05, 4.69) is 4.74 Å². The summed E-state index contributed by atoms with van der Waals surface area (Å²) in [6.07, 6.45) is -2.11. The minimum atomic E-state index is -1.26. The van der Waals surface area contributed by atoms with Crippen molar-refractivity contribution >= 4 is 17.3 Å². The first kappa shape index (κ1) is 12.2. The molecule has 5 heteroatoms. The molecule has 0 saturated heterocycles.